The predicted molar refractivity (Wildman–Crippen MR) is 137 cm³/mol. The Morgan fingerprint density at radius 1 is 1.08 bits per heavy atom. The van der Waals surface area contributed by atoms with E-state index < -0.39 is 0 Å². The van der Waals surface area contributed by atoms with Crippen molar-refractivity contribution in [1.29, 1.82) is 0 Å². The third-order valence-electron chi connectivity index (χ3n) is 6.12. The molecule has 0 spiro atoms. The maximum Gasteiger partial charge on any atom is 0.260 e. The average molecular weight is 509 g/mol. The quantitative estimate of drug-likeness (QED) is 0.334. The maximum absolute atomic E-state index is 13.1. The molecule has 0 atom stereocenters. The van der Waals surface area contributed by atoms with E-state index in [4.69, 9.17) is 5.11 Å². The van der Waals surface area contributed by atoms with Crippen LogP contribution in [0.1, 0.15) is 35.3 Å². The van der Waals surface area contributed by atoms with E-state index in [1.165, 1.54) is 24.0 Å². The van der Waals surface area contributed by atoms with Crippen LogP contribution in [0.5, 0.6) is 0 Å². The number of nitrogens with one attached hydrogen (secondary N) is 2. The molecule has 1 aliphatic rings. The molecule has 1 aliphatic heterocycles. The number of aryl methyl sites for hydroxylation is 1. The molecule has 0 aliphatic carbocycles. The lowest BCUT2D eigenvalue weighted by molar-refractivity contribution is -0.117. The van der Waals surface area contributed by atoms with Crippen molar-refractivity contribution < 1.29 is 14.7 Å². The molecule has 4 aromatic heterocycles. The second kappa shape index (κ2) is 10.6. The summed E-state index contributed by atoms with van der Waals surface area (Å²) >= 11 is 1.43. The summed E-state index contributed by atoms with van der Waals surface area (Å²) in [5, 5.41) is 23.5. The number of piperidine rings is 1. The Hall–Kier alpha value is -3.61. The molecule has 1 saturated heterocycles. The first-order valence-electron chi connectivity index (χ1n) is 11.9. The molecule has 36 heavy (non-hydrogen) atoms. The second-order valence-electron chi connectivity index (χ2n) is 8.82. The number of carbonyl (C=O) groups excluding carboxylic acids is 2. The van der Waals surface area contributed by atoms with Gasteiger partial charge in [0.1, 0.15) is 4.83 Å². The first kappa shape index (κ1) is 24.1. The number of rotatable bonds is 8. The number of fused-ring (bicyclic) bond motifs is 1. The predicted octanol–water partition coefficient (Wildman–Crippen LogP) is 2.63. The van der Waals surface area contributed by atoms with Crippen molar-refractivity contribution in [3.63, 3.8) is 0 Å². The number of nitrogens with zero attached hydrogens (tertiary/aromatic N) is 6. The molecule has 4 aromatic rings. The highest BCUT2D eigenvalue weighted by Gasteiger charge is 2.19. The number of thiazole rings is 1. The third-order valence-corrected chi connectivity index (χ3v) is 7.28. The van der Waals surface area contributed by atoms with Gasteiger partial charge in [-0.05, 0) is 38.9 Å². The molecule has 2 amide bonds. The number of likely N-dealkylation sites (tertiary alicyclic amines) is 1. The van der Waals surface area contributed by atoms with E-state index in [-0.39, 0.29) is 18.4 Å². The van der Waals surface area contributed by atoms with Gasteiger partial charge >= 0.3 is 0 Å². The molecule has 1 fully saturated rings. The summed E-state index contributed by atoms with van der Waals surface area (Å²) < 4.78 is 3.33. The highest BCUT2D eigenvalue weighted by atomic mass is 32.1. The van der Waals surface area contributed by atoms with Gasteiger partial charge in [-0.15, -0.1) is 11.3 Å². The van der Waals surface area contributed by atoms with Crippen LogP contribution >= 0.6 is 11.3 Å². The molecule has 0 aromatic carbocycles. The smallest absolute Gasteiger partial charge is 0.260 e. The van der Waals surface area contributed by atoms with Crippen molar-refractivity contribution in [3.8, 4) is 10.4 Å². The molecule has 5 rings (SSSR count). The Bertz CT molecular complexity index is 1390. The summed E-state index contributed by atoms with van der Waals surface area (Å²) in [5.74, 6) is -0.400. The summed E-state index contributed by atoms with van der Waals surface area (Å²) in [7, 11) is 0. The maximum atomic E-state index is 13.1. The van der Waals surface area contributed by atoms with Gasteiger partial charge in [0.15, 0.2) is 0 Å². The zero-order valence-electron chi connectivity index (χ0n) is 20.0. The van der Waals surface area contributed by atoms with Crippen LogP contribution < -0.4 is 10.6 Å². The van der Waals surface area contributed by atoms with Crippen LogP contribution in [-0.4, -0.2) is 72.4 Å². The van der Waals surface area contributed by atoms with Gasteiger partial charge < -0.3 is 15.7 Å². The minimum atomic E-state index is -0.309. The second-order valence-corrected chi connectivity index (χ2v) is 9.85. The fourth-order valence-electron chi connectivity index (χ4n) is 4.23. The van der Waals surface area contributed by atoms with E-state index in [9.17, 15) is 9.59 Å². The molecule has 0 saturated carbocycles. The Kier molecular flexibility index (Phi) is 7.07. The lowest BCUT2D eigenvalue weighted by Gasteiger charge is -2.25. The van der Waals surface area contributed by atoms with Crippen LogP contribution in [0, 0.1) is 6.92 Å². The fourth-order valence-corrected chi connectivity index (χ4v) is 5.26. The number of anilines is 2. The van der Waals surface area contributed by atoms with Gasteiger partial charge in [0.25, 0.3) is 5.91 Å². The number of aliphatic hydroxyl groups is 1. The van der Waals surface area contributed by atoms with Crippen LogP contribution in [-0.2, 0) is 11.3 Å². The van der Waals surface area contributed by atoms with Crippen molar-refractivity contribution in [2.24, 2.45) is 0 Å². The van der Waals surface area contributed by atoms with Gasteiger partial charge in [0, 0.05) is 18.0 Å². The number of carbonyl (C=O) groups is 2. The monoisotopic (exact) mass is 508 g/mol. The van der Waals surface area contributed by atoms with Crippen LogP contribution in [0.2, 0.25) is 0 Å². The van der Waals surface area contributed by atoms with Gasteiger partial charge in [-0.25, -0.2) is 4.52 Å². The third kappa shape index (κ3) is 5.30. The van der Waals surface area contributed by atoms with Crippen molar-refractivity contribution in [2.75, 3.05) is 36.9 Å². The standard InChI is InChI=1S/C24H28N8O3S/c1-16-20(9-18(11-25-16)28-22(34)15-30-5-3-2-4-6-30)29-23(35)19-12-27-32-14-21(36-24(19)32)17-10-26-31(13-17)7-8-33/h9-14,33H,2-8,15H2,1H3,(H,28,34)(H,29,35). The summed E-state index contributed by atoms with van der Waals surface area (Å²) in [4.78, 5) is 33.8. The first-order valence-corrected chi connectivity index (χ1v) is 12.7. The molecule has 5 heterocycles. The molecule has 0 unspecified atom stereocenters. The number of amides is 2. The van der Waals surface area contributed by atoms with E-state index in [1.54, 1.807) is 34.6 Å². The van der Waals surface area contributed by atoms with Crippen LogP contribution in [0.15, 0.2) is 37.1 Å². The molecule has 0 bridgehead atoms. The van der Waals surface area contributed by atoms with E-state index in [0.717, 1.165) is 36.4 Å². The topological polar surface area (TPSA) is 130 Å². The van der Waals surface area contributed by atoms with Gasteiger partial charge in [0.05, 0.1) is 65.8 Å². The minimum absolute atomic E-state index is 0.0107. The Morgan fingerprint density at radius 2 is 1.92 bits per heavy atom. The number of hydrogen-bond donors (Lipinski definition) is 3. The fraction of sp³-hybridized carbons (Fsp3) is 0.375. The van der Waals surface area contributed by atoms with Crippen LogP contribution in [0.3, 0.4) is 0 Å². The number of aromatic nitrogens is 5. The van der Waals surface area contributed by atoms with E-state index in [2.05, 4.69) is 30.7 Å². The van der Waals surface area contributed by atoms with Crippen molar-refractivity contribution in [2.45, 2.75) is 32.7 Å². The average Bonchev–Trinajstić information content (AvgIpc) is 3.58. The lowest BCUT2D eigenvalue weighted by Crippen LogP contribution is -2.36. The van der Waals surface area contributed by atoms with Crippen molar-refractivity contribution in [1.82, 2.24) is 29.3 Å². The first-order chi connectivity index (χ1) is 17.5. The normalized spacial score (nSPS) is 14.3. The van der Waals surface area contributed by atoms with Crippen LogP contribution in [0.4, 0.5) is 11.4 Å². The minimum Gasteiger partial charge on any atom is -0.394 e. The Balaban J connectivity index is 1.29. The highest BCUT2D eigenvalue weighted by molar-refractivity contribution is 7.21. The SMILES string of the molecule is Cc1ncc(NC(=O)CN2CCCCC2)cc1NC(=O)c1cnn2cc(-c3cnn(CCO)c3)sc12. The number of pyridine rings is 1. The largest absolute Gasteiger partial charge is 0.394 e. The molecule has 11 nitrogen and oxygen atoms in total. The highest BCUT2D eigenvalue weighted by Crippen LogP contribution is 2.30. The number of hydrogen-bond acceptors (Lipinski definition) is 8. The molecular weight excluding hydrogens is 480 g/mol. The van der Waals surface area contributed by atoms with Crippen LogP contribution in [0.25, 0.3) is 15.3 Å². The lowest BCUT2D eigenvalue weighted by atomic mass is 10.1. The molecule has 0 radical (unpaired) electrons. The number of aliphatic hydroxyl groups excluding tert-OH is 1. The molecular formula is C24H28N8O3S. The summed E-state index contributed by atoms with van der Waals surface area (Å²) in [6, 6.07) is 1.73. The Labute approximate surface area is 211 Å². The summed E-state index contributed by atoms with van der Waals surface area (Å²) in [6.07, 6.45) is 12.0. The van der Waals surface area contributed by atoms with E-state index >= 15 is 0 Å². The Morgan fingerprint density at radius 3 is 2.72 bits per heavy atom. The van der Waals surface area contributed by atoms with Gasteiger partial charge in [0.2, 0.25) is 5.91 Å². The zero-order valence-corrected chi connectivity index (χ0v) is 20.8. The van der Waals surface area contributed by atoms with Gasteiger partial charge in [-0.1, -0.05) is 6.42 Å². The molecule has 12 heteroatoms. The van der Waals surface area contributed by atoms with Gasteiger partial charge in [-0.2, -0.15) is 10.2 Å². The van der Waals surface area contributed by atoms with E-state index in [0.29, 0.717) is 40.6 Å². The van der Waals surface area contributed by atoms with Crippen molar-refractivity contribution >= 4 is 39.4 Å². The van der Waals surface area contributed by atoms with Gasteiger partial charge in [-0.3, -0.25) is 24.2 Å². The molecule has 188 valence electrons. The summed E-state index contributed by atoms with van der Waals surface area (Å²) in [5.41, 5.74) is 3.03. The summed E-state index contributed by atoms with van der Waals surface area (Å²) in [6.45, 7) is 4.46. The van der Waals surface area contributed by atoms with E-state index in [1.807, 2.05) is 12.4 Å². The molecule has 3 N–H and O–H groups in total. The zero-order chi connectivity index (χ0) is 25.1. The van der Waals surface area contributed by atoms with Crippen molar-refractivity contribution in [3.05, 3.63) is 48.3 Å².